The molecule has 0 saturated carbocycles. The highest BCUT2D eigenvalue weighted by molar-refractivity contribution is 7.13. The fraction of sp³-hybridized carbons (Fsp3) is 0.208. The molecular weight excluding hydrogens is 410 g/mol. The topological polar surface area (TPSA) is 77.2 Å². The summed E-state index contributed by atoms with van der Waals surface area (Å²) in [5, 5.41) is 8.86. The molecular formula is C24H23N3O3S. The summed E-state index contributed by atoms with van der Waals surface area (Å²) in [5.74, 6) is 1.85. The number of hydrogen-bond donors (Lipinski definition) is 1. The van der Waals surface area contributed by atoms with Crippen LogP contribution in [0.4, 0.5) is 0 Å². The van der Waals surface area contributed by atoms with Crippen molar-refractivity contribution >= 4 is 17.2 Å². The first kappa shape index (κ1) is 20.8. The third-order valence-electron chi connectivity index (χ3n) is 4.68. The molecule has 0 radical (unpaired) electrons. The van der Waals surface area contributed by atoms with Crippen molar-refractivity contribution in [2.24, 2.45) is 0 Å². The molecule has 7 heteroatoms. The minimum atomic E-state index is -0.0290. The minimum Gasteiger partial charge on any atom is -0.489 e. The van der Waals surface area contributed by atoms with Gasteiger partial charge < -0.3 is 14.6 Å². The first-order valence-corrected chi connectivity index (χ1v) is 11.0. The van der Waals surface area contributed by atoms with Gasteiger partial charge in [-0.05, 0) is 41.1 Å². The molecule has 0 aliphatic rings. The van der Waals surface area contributed by atoms with Crippen LogP contribution in [-0.4, -0.2) is 22.6 Å². The van der Waals surface area contributed by atoms with E-state index in [1.165, 1.54) is 0 Å². The van der Waals surface area contributed by atoms with Crippen molar-refractivity contribution in [3.63, 3.8) is 0 Å². The molecule has 4 aromatic rings. The molecule has 0 bridgehead atoms. The second-order valence-corrected chi connectivity index (χ2v) is 7.95. The fourth-order valence-electron chi connectivity index (χ4n) is 3.01. The average Bonchev–Trinajstić information content (AvgIpc) is 3.50. The summed E-state index contributed by atoms with van der Waals surface area (Å²) >= 11 is 1.55. The molecule has 2 aromatic heterocycles. The van der Waals surface area contributed by atoms with Crippen LogP contribution >= 0.6 is 11.3 Å². The van der Waals surface area contributed by atoms with Gasteiger partial charge in [-0.2, -0.15) is 4.98 Å². The fourth-order valence-corrected chi connectivity index (χ4v) is 3.66. The number of benzene rings is 2. The number of nitrogens with zero attached hydrogens (tertiary/aromatic N) is 2. The summed E-state index contributed by atoms with van der Waals surface area (Å²) in [6, 6.07) is 21.9. The van der Waals surface area contributed by atoms with E-state index in [4.69, 9.17) is 9.26 Å². The molecule has 0 spiro atoms. The van der Waals surface area contributed by atoms with Crippen molar-refractivity contribution in [2.75, 3.05) is 6.54 Å². The maximum atomic E-state index is 12.1. The Morgan fingerprint density at radius 3 is 2.58 bits per heavy atom. The van der Waals surface area contributed by atoms with Gasteiger partial charge in [0.1, 0.15) is 12.4 Å². The lowest BCUT2D eigenvalue weighted by Crippen LogP contribution is -2.25. The van der Waals surface area contributed by atoms with Crippen molar-refractivity contribution in [1.82, 2.24) is 15.5 Å². The molecule has 1 N–H and O–H groups in total. The lowest BCUT2D eigenvalue weighted by atomic mass is 10.1. The SMILES string of the molecule is O=C(CCc1nc(-c2cccs2)no1)NCCc1ccc(OCc2ccccc2)cc1. The van der Waals surface area contributed by atoms with E-state index in [0.717, 1.165) is 28.2 Å². The third kappa shape index (κ3) is 6.26. The first-order chi connectivity index (χ1) is 15.3. The normalized spacial score (nSPS) is 10.7. The zero-order valence-corrected chi connectivity index (χ0v) is 17.8. The molecule has 31 heavy (non-hydrogen) atoms. The quantitative estimate of drug-likeness (QED) is 0.393. The number of aryl methyl sites for hydroxylation is 1. The number of ether oxygens (including phenoxy) is 1. The lowest BCUT2D eigenvalue weighted by molar-refractivity contribution is -0.121. The third-order valence-corrected chi connectivity index (χ3v) is 5.55. The van der Waals surface area contributed by atoms with Gasteiger partial charge in [0.15, 0.2) is 0 Å². The Morgan fingerprint density at radius 2 is 1.81 bits per heavy atom. The molecule has 0 saturated heterocycles. The molecule has 0 aliphatic carbocycles. The van der Waals surface area contributed by atoms with E-state index in [2.05, 4.69) is 15.5 Å². The Kier molecular flexibility index (Phi) is 7.08. The van der Waals surface area contributed by atoms with E-state index in [1.54, 1.807) is 11.3 Å². The summed E-state index contributed by atoms with van der Waals surface area (Å²) < 4.78 is 11.0. The van der Waals surface area contributed by atoms with E-state index in [-0.39, 0.29) is 5.91 Å². The maximum absolute atomic E-state index is 12.1. The summed E-state index contributed by atoms with van der Waals surface area (Å²) in [6.45, 7) is 1.12. The molecule has 1 amide bonds. The van der Waals surface area contributed by atoms with Crippen LogP contribution in [0, 0.1) is 0 Å². The summed E-state index contributed by atoms with van der Waals surface area (Å²) in [4.78, 5) is 17.4. The van der Waals surface area contributed by atoms with E-state index >= 15 is 0 Å². The standard InChI is InChI=1S/C24H23N3O3S/c28-22(12-13-23-26-24(27-30-23)21-7-4-16-31-21)25-15-14-18-8-10-20(11-9-18)29-17-19-5-2-1-3-6-19/h1-11,16H,12-15,17H2,(H,25,28). The van der Waals surface area contributed by atoms with Crippen LogP contribution in [0.25, 0.3) is 10.7 Å². The number of hydrogen-bond acceptors (Lipinski definition) is 6. The molecule has 158 valence electrons. The largest absolute Gasteiger partial charge is 0.489 e. The zero-order valence-electron chi connectivity index (χ0n) is 17.0. The predicted molar refractivity (Wildman–Crippen MR) is 120 cm³/mol. The van der Waals surface area contributed by atoms with E-state index in [1.807, 2.05) is 72.1 Å². The Balaban J connectivity index is 1.15. The smallest absolute Gasteiger partial charge is 0.227 e. The first-order valence-electron chi connectivity index (χ1n) is 10.1. The minimum absolute atomic E-state index is 0.0290. The Labute approximate surface area is 184 Å². The van der Waals surface area contributed by atoms with Crippen LogP contribution in [-0.2, 0) is 24.2 Å². The van der Waals surface area contributed by atoms with Crippen LogP contribution in [0.15, 0.2) is 76.6 Å². The van der Waals surface area contributed by atoms with Crippen LogP contribution in [0.2, 0.25) is 0 Å². The second-order valence-electron chi connectivity index (χ2n) is 7.01. The summed E-state index contributed by atoms with van der Waals surface area (Å²) in [6.07, 6.45) is 1.50. The van der Waals surface area contributed by atoms with Gasteiger partial charge in [0.2, 0.25) is 17.6 Å². The van der Waals surface area contributed by atoms with Crippen molar-refractivity contribution in [1.29, 1.82) is 0 Å². The van der Waals surface area contributed by atoms with Crippen LogP contribution < -0.4 is 10.1 Å². The number of aromatic nitrogens is 2. The molecule has 6 nitrogen and oxygen atoms in total. The number of thiophene rings is 1. The number of amides is 1. The summed E-state index contributed by atoms with van der Waals surface area (Å²) in [7, 11) is 0. The predicted octanol–water partition coefficient (Wildman–Crippen LogP) is 4.67. The van der Waals surface area contributed by atoms with Gasteiger partial charge in [-0.3, -0.25) is 4.79 Å². The van der Waals surface area contributed by atoms with Gasteiger partial charge in [0, 0.05) is 19.4 Å². The average molecular weight is 434 g/mol. The zero-order chi connectivity index (χ0) is 21.3. The number of carbonyl (C=O) groups is 1. The number of nitrogens with one attached hydrogen (secondary N) is 1. The highest BCUT2D eigenvalue weighted by atomic mass is 32.1. The molecule has 2 heterocycles. The number of carbonyl (C=O) groups excluding carboxylic acids is 1. The van der Waals surface area contributed by atoms with Gasteiger partial charge >= 0.3 is 0 Å². The number of rotatable bonds is 10. The monoisotopic (exact) mass is 433 g/mol. The highest BCUT2D eigenvalue weighted by Gasteiger charge is 2.11. The molecule has 0 unspecified atom stereocenters. The van der Waals surface area contributed by atoms with Crippen LogP contribution in [0.1, 0.15) is 23.4 Å². The lowest BCUT2D eigenvalue weighted by Gasteiger charge is -2.08. The molecule has 0 aliphatic heterocycles. The second kappa shape index (κ2) is 10.5. The van der Waals surface area contributed by atoms with Gasteiger partial charge in [-0.25, -0.2) is 0 Å². The molecule has 0 fully saturated rings. The molecule has 0 atom stereocenters. The van der Waals surface area contributed by atoms with Crippen molar-refractivity contribution in [3.05, 3.63) is 89.1 Å². The van der Waals surface area contributed by atoms with E-state index < -0.39 is 0 Å². The van der Waals surface area contributed by atoms with Gasteiger partial charge in [0.25, 0.3) is 0 Å². The van der Waals surface area contributed by atoms with Crippen LogP contribution in [0.5, 0.6) is 5.75 Å². The Hall–Kier alpha value is -3.45. The van der Waals surface area contributed by atoms with Gasteiger partial charge in [0.05, 0.1) is 4.88 Å². The van der Waals surface area contributed by atoms with Gasteiger partial charge in [-0.1, -0.05) is 53.7 Å². The van der Waals surface area contributed by atoms with Crippen molar-refractivity contribution < 1.29 is 14.1 Å². The summed E-state index contributed by atoms with van der Waals surface area (Å²) in [5.41, 5.74) is 2.28. The molecule has 2 aromatic carbocycles. The van der Waals surface area contributed by atoms with E-state index in [9.17, 15) is 4.79 Å². The Bertz CT molecular complexity index is 1080. The maximum Gasteiger partial charge on any atom is 0.227 e. The molecule has 4 rings (SSSR count). The van der Waals surface area contributed by atoms with Crippen LogP contribution in [0.3, 0.4) is 0 Å². The van der Waals surface area contributed by atoms with Crippen molar-refractivity contribution in [2.45, 2.75) is 25.9 Å². The van der Waals surface area contributed by atoms with Gasteiger partial charge in [-0.15, -0.1) is 11.3 Å². The Morgan fingerprint density at radius 1 is 0.968 bits per heavy atom. The van der Waals surface area contributed by atoms with E-state index in [0.29, 0.717) is 37.7 Å². The van der Waals surface area contributed by atoms with Crippen molar-refractivity contribution in [3.8, 4) is 16.5 Å². The highest BCUT2D eigenvalue weighted by Crippen LogP contribution is 2.21.